The van der Waals surface area contributed by atoms with Crippen LogP contribution in [0.5, 0.6) is 0 Å². The van der Waals surface area contributed by atoms with Gasteiger partial charge in [-0.05, 0) is 32.6 Å². The Morgan fingerprint density at radius 3 is 1.89 bits per heavy atom. The van der Waals surface area contributed by atoms with Gasteiger partial charge in [0.2, 0.25) is 0 Å². The highest BCUT2D eigenvalue weighted by Gasteiger charge is 1.99. The van der Waals surface area contributed by atoms with Gasteiger partial charge in [0.25, 0.3) is 0 Å². The first-order valence-corrected chi connectivity index (χ1v) is 9.84. The van der Waals surface area contributed by atoms with Crippen molar-refractivity contribution in [3.63, 3.8) is 0 Å². The Morgan fingerprint density at radius 1 is 0.815 bits per heavy atom. The van der Waals surface area contributed by atoms with Crippen molar-refractivity contribution < 1.29 is 20.1 Å². The highest BCUT2D eigenvalue weighted by molar-refractivity contribution is 5.75. The first-order chi connectivity index (χ1) is 13.0. The van der Waals surface area contributed by atoms with Crippen LogP contribution in [0.25, 0.3) is 0 Å². The molecule has 0 saturated heterocycles. The zero-order valence-corrected chi connectivity index (χ0v) is 17.3. The number of rotatable bonds is 13. The van der Waals surface area contributed by atoms with Crippen LogP contribution < -0.4 is 0 Å². The molecule has 154 valence electrons. The largest absolute Gasteiger partial charge is 0.389 e. The third-order valence-corrected chi connectivity index (χ3v) is 3.40. The summed E-state index contributed by atoms with van der Waals surface area (Å²) in [6.45, 7) is 7.46. The molecule has 0 aliphatic rings. The molecule has 0 radical (unpaired) electrons. The van der Waals surface area contributed by atoms with Crippen LogP contribution in [-0.2, 0) is 4.79 Å². The predicted molar refractivity (Wildman–Crippen MR) is 115 cm³/mol. The summed E-state index contributed by atoms with van der Waals surface area (Å²) in [6, 6.07) is 0. The van der Waals surface area contributed by atoms with Crippen LogP contribution in [0, 0.1) is 0 Å². The van der Waals surface area contributed by atoms with Gasteiger partial charge in [0.15, 0.2) is 0 Å². The first kappa shape index (κ1) is 27.5. The van der Waals surface area contributed by atoms with E-state index in [2.05, 4.69) is 0 Å². The standard InChI is InChI=1S/C21H32O4.C2H6/c1-3-19(23)13-9-6-10-16-20(24)14-7-4-5-8-15-21(25)17-11-12-18(2)22;1-2/h4-10,13-15,19-21,23-25H,3,11-12,16-17H2,1-2H3;1-2H3/b5-4+,10-6-,13-9+,14-7+,15-8-;/t19-,20+,21-;/m1./s1. The number of carbonyl (C=O) groups is 1. The van der Waals surface area contributed by atoms with E-state index in [0.29, 0.717) is 32.1 Å². The minimum Gasteiger partial charge on any atom is -0.389 e. The molecule has 0 unspecified atom stereocenters. The molecule has 0 aromatic rings. The third kappa shape index (κ3) is 22.2. The number of aliphatic hydroxyl groups excluding tert-OH is 3. The summed E-state index contributed by atoms with van der Waals surface area (Å²) in [4.78, 5) is 10.8. The molecular formula is C23H38O4. The molecule has 0 aromatic heterocycles. The van der Waals surface area contributed by atoms with E-state index in [1.54, 1.807) is 55.5 Å². The lowest BCUT2D eigenvalue weighted by Crippen LogP contribution is -2.02. The van der Waals surface area contributed by atoms with Gasteiger partial charge in [-0.15, -0.1) is 0 Å². The number of ketones is 1. The average Bonchev–Trinajstić information content (AvgIpc) is 2.65. The maximum atomic E-state index is 10.8. The smallest absolute Gasteiger partial charge is 0.129 e. The highest BCUT2D eigenvalue weighted by atomic mass is 16.3. The van der Waals surface area contributed by atoms with E-state index in [-0.39, 0.29) is 5.78 Å². The van der Waals surface area contributed by atoms with Crippen molar-refractivity contribution in [2.24, 2.45) is 0 Å². The fraction of sp³-hybridized carbons (Fsp3) is 0.522. The Bertz CT molecular complexity index is 487. The van der Waals surface area contributed by atoms with E-state index >= 15 is 0 Å². The predicted octanol–water partition coefficient (Wildman–Crippen LogP) is 4.44. The summed E-state index contributed by atoms with van der Waals surface area (Å²) >= 11 is 0. The summed E-state index contributed by atoms with van der Waals surface area (Å²) < 4.78 is 0. The average molecular weight is 379 g/mol. The van der Waals surface area contributed by atoms with Gasteiger partial charge >= 0.3 is 0 Å². The van der Waals surface area contributed by atoms with Gasteiger partial charge in [-0.3, -0.25) is 0 Å². The van der Waals surface area contributed by atoms with Crippen LogP contribution in [-0.4, -0.2) is 39.4 Å². The molecule has 27 heavy (non-hydrogen) atoms. The molecule has 3 N–H and O–H groups in total. The number of carbonyl (C=O) groups excluding carboxylic acids is 1. The Balaban J connectivity index is 0. The Hall–Kier alpha value is -1.75. The summed E-state index contributed by atoms with van der Waals surface area (Å²) in [5, 5.41) is 28.8. The molecule has 4 nitrogen and oxygen atoms in total. The lowest BCUT2D eigenvalue weighted by atomic mass is 10.1. The Kier molecular flexibility index (Phi) is 20.9. The van der Waals surface area contributed by atoms with Gasteiger partial charge < -0.3 is 20.1 Å². The summed E-state index contributed by atoms with van der Waals surface area (Å²) in [5.74, 6) is 0.143. The van der Waals surface area contributed by atoms with Crippen molar-refractivity contribution in [3.8, 4) is 0 Å². The molecule has 0 amide bonds. The number of Topliss-reactive ketones (excluding diaryl/α,β-unsaturated/α-hetero) is 1. The maximum Gasteiger partial charge on any atom is 0.129 e. The van der Waals surface area contributed by atoms with Gasteiger partial charge in [0, 0.05) is 6.42 Å². The number of aliphatic hydroxyl groups is 3. The SMILES string of the molecule is CC.CC[C@@H](O)/C=C/C=C\C[C@@H](O)/C=C/C=C/C=C\[C@@H](O)CCCC(C)=O. The molecule has 4 heteroatoms. The summed E-state index contributed by atoms with van der Waals surface area (Å²) in [5.41, 5.74) is 0. The zero-order chi connectivity index (χ0) is 20.9. The second-order valence-corrected chi connectivity index (χ2v) is 5.91. The summed E-state index contributed by atoms with van der Waals surface area (Å²) in [7, 11) is 0. The first-order valence-electron chi connectivity index (χ1n) is 9.84. The lowest BCUT2D eigenvalue weighted by Gasteiger charge is -2.02. The van der Waals surface area contributed by atoms with E-state index in [9.17, 15) is 20.1 Å². The van der Waals surface area contributed by atoms with Crippen molar-refractivity contribution >= 4 is 5.78 Å². The van der Waals surface area contributed by atoms with Crippen LogP contribution >= 0.6 is 0 Å². The van der Waals surface area contributed by atoms with Gasteiger partial charge in [-0.25, -0.2) is 0 Å². The maximum absolute atomic E-state index is 10.8. The number of allylic oxidation sites excluding steroid dienone is 6. The molecule has 0 bridgehead atoms. The molecule has 0 aliphatic carbocycles. The second-order valence-electron chi connectivity index (χ2n) is 5.91. The number of hydrogen-bond acceptors (Lipinski definition) is 4. The Morgan fingerprint density at radius 2 is 1.33 bits per heavy atom. The van der Waals surface area contributed by atoms with Crippen molar-refractivity contribution in [3.05, 3.63) is 60.8 Å². The van der Waals surface area contributed by atoms with Gasteiger partial charge in [0.05, 0.1) is 18.3 Å². The van der Waals surface area contributed by atoms with Crippen LogP contribution in [0.2, 0.25) is 0 Å². The fourth-order valence-electron chi connectivity index (χ4n) is 1.87. The monoisotopic (exact) mass is 378 g/mol. The normalized spacial score (nSPS) is 15.7. The molecular weight excluding hydrogens is 340 g/mol. The molecule has 0 spiro atoms. The topological polar surface area (TPSA) is 77.8 Å². The quantitative estimate of drug-likeness (QED) is 0.414. The summed E-state index contributed by atoms with van der Waals surface area (Å²) in [6.07, 6.45) is 19.0. The van der Waals surface area contributed by atoms with E-state index < -0.39 is 18.3 Å². The Labute approximate surface area is 165 Å². The van der Waals surface area contributed by atoms with Gasteiger partial charge in [0.1, 0.15) is 5.78 Å². The van der Waals surface area contributed by atoms with E-state index in [1.165, 1.54) is 0 Å². The fourth-order valence-corrected chi connectivity index (χ4v) is 1.87. The molecule has 0 saturated carbocycles. The van der Waals surface area contributed by atoms with Crippen LogP contribution in [0.15, 0.2) is 60.8 Å². The molecule has 0 fully saturated rings. The van der Waals surface area contributed by atoms with Crippen molar-refractivity contribution in [2.45, 2.75) is 78.1 Å². The van der Waals surface area contributed by atoms with E-state index in [4.69, 9.17) is 0 Å². The highest BCUT2D eigenvalue weighted by Crippen LogP contribution is 2.03. The minimum absolute atomic E-state index is 0.143. The number of hydrogen-bond donors (Lipinski definition) is 3. The minimum atomic E-state index is -0.563. The van der Waals surface area contributed by atoms with Crippen molar-refractivity contribution in [1.82, 2.24) is 0 Å². The van der Waals surface area contributed by atoms with Crippen molar-refractivity contribution in [1.29, 1.82) is 0 Å². The van der Waals surface area contributed by atoms with E-state index in [1.807, 2.05) is 32.9 Å². The second kappa shape index (κ2) is 20.6. The van der Waals surface area contributed by atoms with E-state index in [0.717, 1.165) is 0 Å². The lowest BCUT2D eigenvalue weighted by molar-refractivity contribution is -0.117. The van der Waals surface area contributed by atoms with Crippen LogP contribution in [0.1, 0.15) is 59.8 Å². The third-order valence-electron chi connectivity index (χ3n) is 3.40. The zero-order valence-electron chi connectivity index (χ0n) is 17.3. The molecule has 3 atom stereocenters. The molecule has 0 aromatic carbocycles. The van der Waals surface area contributed by atoms with Crippen LogP contribution in [0.3, 0.4) is 0 Å². The van der Waals surface area contributed by atoms with Gasteiger partial charge in [-0.2, -0.15) is 0 Å². The van der Waals surface area contributed by atoms with Gasteiger partial charge in [-0.1, -0.05) is 81.5 Å². The molecule has 0 aliphatic heterocycles. The molecule has 0 heterocycles. The van der Waals surface area contributed by atoms with Crippen molar-refractivity contribution in [2.75, 3.05) is 0 Å². The van der Waals surface area contributed by atoms with Crippen LogP contribution in [0.4, 0.5) is 0 Å². The molecule has 0 rings (SSSR count).